The third kappa shape index (κ3) is 3.18. The minimum atomic E-state index is -0.297. The molecule has 2 fully saturated rings. The third-order valence-electron chi connectivity index (χ3n) is 5.07. The van der Waals surface area contributed by atoms with Gasteiger partial charge < -0.3 is 4.74 Å². The van der Waals surface area contributed by atoms with E-state index in [-0.39, 0.29) is 17.9 Å². The zero-order valence-corrected chi connectivity index (χ0v) is 14.5. The first kappa shape index (κ1) is 17.0. The van der Waals surface area contributed by atoms with Crippen molar-refractivity contribution in [1.29, 1.82) is 0 Å². The van der Waals surface area contributed by atoms with E-state index in [0.29, 0.717) is 24.8 Å². The van der Waals surface area contributed by atoms with Crippen LogP contribution in [0.2, 0.25) is 0 Å². The maximum atomic E-state index is 12.9. The van der Waals surface area contributed by atoms with Crippen molar-refractivity contribution in [2.45, 2.75) is 58.0 Å². The Kier molecular flexibility index (Phi) is 5.19. The third-order valence-corrected chi connectivity index (χ3v) is 5.07. The summed E-state index contributed by atoms with van der Waals surface area (Å²) in [4.78, 5) is 29.0. The van der Waals surface area contributed by atoms with Gasteiger partial charge in [0.25, 0.3) is 5.91 Å². The lowest BCUT2D eigenvalue weighted by molar-refractivity contribution is -0.123. The molecule has 2 saturated heterocycles. The van der Waals surface area contributed by atoms with Crippen molar-refractivity contribution in [3.63, 3.8) is 0 Å². The van der Waals surface area contributed by atoms with Crippen LogP contribution in [-0.4, -0.2) is 41.9 Å². The summed E-state index contributed by atoms with van der Waals surface area (Å²) in [5, 5.41) is 0. The van der Waals surface area contributed by atoms with Gasteiger partial charge in [-0.3, -0.25) is 14.5 Å². The number of carbonyl (C=O) groups excluding carboxylic acids is 2. The van der Waals surface area contributed by atoms with Crippen LogP contribution in [-0.2, 0) is 9.59 Å². The van der Waals surface area contributed by atoms with Gasteiger partial charge >= 0.3 is 0 Å². The fraction of sp³-hybridized carbons (Fsp3) is 0.579. The number of benzene rings is 1. The van der Waals surface area contributed by atoms with E-state index < -0.39 is 0 Å². The average molecular weight is 330 g/mol. The van der Waals surface area contributed by atoms with E-state index >= 15 is 0 Å². The van der Waals surface area contributed by atoms with Crippen LogP contribution in [0.25, 0.3) is 0 Å². The molecule has 3 rings (SSSR count). The fourth-order valence-electron chi connectivity index (χ4n) is 3.88. The highest BCUT2D eigenvalue weighted by Crippen LogP contribution is 2.31. The van der Waals surface area contributed by atoms with Crippen molar-refractivity contribution >= 4 is 17.5 Å². The number of piperidine rings is 1. The first-order valence-corrected chi connectivity index (χ1v) is 9.01. The average Bonchev–Trinajstić information content (AvgIpc) is 2.90. The number of imide groups is 1. The predicted octanol–water partition coefficient (Wildman–Crippen LogP) is 2.98. The molecule has 2 aliphatic heterocycles. The van der Waals surface area contributed by atoms with E-state index in [1.165, 1.54) is 11.3 Å². The largest absolute Gasteiger partial charge is 0.494 e. The van der Waals surface area contributed by atoms with E-state index in [4.69, 9.17) is 4.74 Å². The summed E-state index contributed by atoms with van der Waals surface area (Å²) in [6, 6.07) is 7.31. The first-order chi connectivity index (χ1) is 11.7. The minimum absolute atomic E-state index is 0.0792. The van der Waals surface area contributed by atoms with Gasteiger partial charge in [-0.05, 0) is 57.0 Å². The second-order valence-corrected chi connectivity index (χ2v) is 6.51. The number of amides is 2. The van der Waals surface area contributed by atoms with Crippen molar-refractivity contribution in [3.05, 3.63) is 24.3 Å². The Morgan fingerprint density at radius 3 is 2.54 bits per heavy atom. The van der Waals surface area contributed by atoms with Crippen LogP contribution in [0, 0.1) is 0 Å². The molecule has 0 unspecified atom stereocenters. The van der Waals surface area contributed by atoms with Gasteiger partial charge in [0.15, 0.2) is 0 Å². The molecule has 130 valence electrons. The lowest BCUT2D eigenvalue weighted by atomic mass is 9.97. The van der Waals surface area contributed by atoms with Gasteiger partial charge in [0.1, 0.15) is 5.75 Å². The molecule has 0 radical (unpaired) electrons. The first-order valence-electron chi connectivity index (χ1n) is 9.01. The molecule has 0 N–H and O–H groups in total. The number of nitrogens with zero attached hydrogens (tertiary/aromatic N) is 2. The normalized spacial score (nSPS) is 25.3. The standard InChI is InChI=1S/C19H26N2O3/c1-3-14-7-5-6-12-20(14)17-13-18(22)21(19(17)23)15-8-10-16(11-9-15)24-4-2/h8-11,14,17H,3-7,12-13H2,1-2H3/t14-,17+/m0/s1. The molecule has 5 heteroatoms. The molecule has 2 amide bonds. The van der Waals surface area contributed by atoms with Crippen molar-refractivity contribution in [2.24, 2.45) is 0 Å². The summed E-state index contributed by atoms with van der Waals surface area (Å²) in [7, 11) is 0. The van der Waals surface area contributed by atoms with Gasteiger partial charge in [0, 0.05) is 6.04 Å². The van der Waals surface area contributed by atoms with Gasteiger partial charge in [-0.1, -0.05) is 13.3 Å². The maximum Gasteiger partial charge on any atom is 0.251 e. The second-order valence-electron chi connectivity index (χ2n) is 6.51. The van der Waals surface area contributed by atoms with Crippen LogP contribution in [0.5, 0.6) is 5.75 Å². The van der Waals surface area contributed by atoms with Crippen molar-refractivity contribution in [2.75, 3.05) is 18.1 Å². The highest BCUT2D eigenvalue weighted by atomic mass is 16.5. The quantitative estimate of drug-likeness (QED) is 0.779. The highest BCUT2D eigenvalue weighted by molar-refractivity contribution is 6.22. The smallest absolute Gasteiger partial charge is 0.251 e. The Labute approximate surface area is 143 Å². The molecular formula is C19H26N2O3. The maximum absolute atomic E-state index is 12.9. The van der Waals surface area contributed by atoms with Crippen LogP contribution in [0.1, 0.15) is 46.0 Å². The molecular weight excluding hydrogens is 304 g/mol. The highest BCUT2D eigenvalue weighted by Gasteiger charge is 2.44. The Hall–Kier alpha value is -1.88. The molecule has 2 atom stereocenters. The number of anilines is 1. The predicted molar refractivity (Wildman–Crippen MR) is 93.1 cm³/mol. The Morgan fingerprint density at radius 1 is 1.12 bits per heavy atom. The van der Waals surface area contributed by atoms with Crippen LogP contribution in [0.15, 0.2) is 24.3 Å². The summed E-state index contributed by atoms with van der Waals surface area (Å²) in [5.41, 5.74) is 0.640. The van der Waals surface area contributed by atoms with Gasteiger partial charge in [-0.15, -0.1) is 0 Å². The van der Waals surface area contributed by atoms with E-state index in [1.807, 2.05) is 19.1 Å². The number of hydrogen-bond acceptors (Lipinski definition) is 4. The lowest BCUT2D eigenvalue weighted by Gasteiger charge is -2.38. The van der Waals surface area contributed by atoms with Crippen LogP contribution in [0.4, 0.5) is 5.69 Å². The molecule has 2 heterocycles. The second kappa shape index (κ2) is 7.34. The SMILES string of the molecule is CCOc1ccc(N2C(=O)C[C@@H](N3CCCC[C@@H]3CC)C2=O)cc1. The van der Waals surface area contributed by atoms with Gasteiger partial charge in [0.05, 0.1) is 24.8 Å². The number of ether oxygens (including phenoxy) is 1. The van der Waals surface area contributed by atoms with Gasteiger partial charge in [-0.2, -0.15) is 0 Å². The Morgan fingerprint density at radius 2 is 1.88 bits per heavy atom. The van der Waals surface area contributed by atoms with Gasteiger partial charge in [0.2, 0.25) is 5.91 Å². The Bertz CT molecular complexity index is 599. The van der Waals surface area contributed by atoms with Crippen molar-refractivity contribution < 1.29 is 14.3 Å². The van der Waals surface area contributed by atoms with Crippen LogP contribution >= 0.6 is 0 Å². The van der Waals surface area contributed by atoms with Crippen LogP contribution in [0.3, 0.4) is 0 Å². The number of rotatable bonds is 5. The van der Waals surface area contributed by atoms with E-state index in [0.717, 1.165) is 31.6 Å². The molecule has 5 nitrogen and oxygen atoms in total. The molecule has 0 bridgehead atoms. The zero-order chi connectivity index (χ0) is 17.1. The summed E-state index contributed by atoms with van der Waals surface area (Å²) in [6.07, 6.45) is 4.77. The van der Waals surface area contributed by atoms with Crippen molar-refractivity contribution in [1.82, 2.24) is 4.90 Å². The zero-order valence-electron chi connectivity index (χ0n) is 14.5. The minimum Gasteiger partial charge on any atom is -0.494 e. The summed E-state index contributed by atoms with van der Waals surface area (Å²) in [5.74, 6) is 0.568. The molecule has 0 aromatic heterocycles. The molecule has 0 saturated carbocycles. The van der Waals surface area contributed by atoms with Gasteiger partial charge in [-0.25, -0.2) is 4.90 Å². The summed E-state index contributed by atoms with van der Waals surface area (Å²) < 4.78 is 5.43. The summed E-state index contributed by atoms with van der Waals surface area (Å²) in [6.45, 7) is 5.60. The number of hydrogen-bond donors (Lipinski definition) is 0. The molecule has 0 spiro atoms. The van der Waals surface area contributed by atoms with E-state index in [2.05, 4.69) is 11.8 Å². The fourth-order valence-corrected chi connectivity index (χ4v) is 3.88. The lowest BCUT2D eigenvalue weighted by Crippen LogP contribution is -2.49. The molecule has 2 aliphatic rings. The number of likely N-dealkylation sites (tertiary alicyclic amines) is 1. The Balaban J connectivity index is 1.78. The molecule has 24 heavy (non-hydrogen) atoms. The van der Waals surface area contributed by atoms with E-state index in [9.17, 15) is 9.59 Å². The van der Waals surface area contributed by atoms with Crippen molar-refractivity contribution in [3.8, 4) is 5.75 Å². The monoisotopic (exact) mass is 330 g/mol. The molecule has 1 aromatic carbocycles. The number of carbonyl (C=O) groups is 2. The molecule has 1 aromatic rings. The summed E-state index contributed by atoms with van der Waals surface area (Å²) >= 11 is 0. The topological polar surface area (TPSA) is 49.9 Å². The molecule has 0 aliphatic carbocycles. The van der Waals surface area contributed by atoms with Crippen LogP contribution < -0.4 is 9.64 Å². The van der Waals surface area contributed by atoms with E-state index in [1.54, 1.807) is 12.1 Å².